The average Bonchev–Trinajstić information content (AvgIpc) is 3.45. The fourth-order valence-corrected chi connectivity index (χ4v) is 6.46. The zero-order chi connectivity index (χ0) is 24.1. The van der Waals surface area contributed by atoms with E-state index in [1.54, 1.807) is 17.4 Å². The number of imide groups is 1. The molecular weight excluding hydrogens is 467 g/mol. The second-order valence-corrected chi connectivity index (χ2v) is 10.5. The molecule has 0 aliphatic carbocycles. The Labute approximate surface area is 205 Å². The number of rotatable bonds is 4. The van der Waals surface area contributed by atoms with E-state index in [2.05, 4.69) is 33.4 Å². The lowest BCUT2D eigenvalue weighted by molar-refractivity contribution is -0.136. The minimum absolute atomic E-state index is 0.153. The van der Waals surface area contributed by atoms with E-state index in [9.17, 15) is 18.8 Å². The summed E-state index contributed by atoms with van der Waals surface area (Å²) in [6, 6.07) is 8.45. The fourth-order valence-electron chi connectivity index (χ4n) is 5.73. The van der Waals surface area contributed by atoms with E-state index in [1.165, 1.54) is 21.2 Å². The van der Waals surface area contributed by atoms with Gasteiger partial charge in [-0.25, -0.2) is 9.37 Å². The number of carbonyl (C=O) groups is 3. The molecule has 2 aromatic carbocycles. The van der Waals surface area contributed by atoms with Gasteiger partial charge < -0.3 is 4.90 Å². The van der Waals surface area contributed by atoms with E-state index >= 15 is 0 Å². The van der Waals surface area contributed by atoms with Gasteiger partial charge in [0.25, 0.3) is 5.91 Å². The molecule has 0 spiro atoms. The van der Waals surface area contributed by atoms with Crippen molar-refractivity contribution in [2.45, 2.75) is 50.7 Å². The standard InChI is InChI=1S/C26H25FN4O3S/c27-17-10-18(20-13-31(26(34)19(20)11-17)21-4-5-23(32)29-25(21)33)15-6-8-30(9-7-15)12-16-2-1-3-22-24(16)28-14-35-22/h1-3,10-11,14-15,21H,4-9,12-13H2,(H,29,32,33). The fraction of sp³-hybridized carbons (Fsp3) is 0.385. The highest BCUT2D eigenvalue weighted by Gasteiger charge is 2.41. The number of para-hydroxylation sites is 1. The number of carbonyl (C=O) groups excluding carboxylic acids is 3. The Morgan fingerprint density at radius 2 is 1.94 bits per heavy atom. The number of fused-ring (bicyclic) bond motifs is 2. The van der Waals surface area contributed by atoms with Crippen molar-refractivity contribution in [2.24, 2.45) is 0 Å². The molecule has 2 saturated heterocycles. The summed E-state index contributed by atoms with van der Waals surface area (Å²) in [5, 5.41) is 2.32. The third-order valence-corrected chi connectivity index (χ3v) is 8.31. The largest absolute Gasteiger partial charge is 0.322 e. The summed E-state index contributed by atoms with van der Waals surface area (Å²) in [6.45, 7) is 2.86. The number of aromatic nitrogens is 1. The van der Waals surface area contributed by atoms with Gasteiger partial charge in [-0.2, -0.15) is 0 Å². The number of hydrogen-bond acceptors (Lipinski definition) is 6. The molecule has 3 aliphatic rings. The maximum Gasteiger partial charge on any atom is 0.255 e. The van der Waals surface area contributed by atoms with Gasteiger partial charge in [-0.3, -0.25) is 24.6 Å². The van der Waals surface area contributed by atoms with Crippen molar-refractivity contribution in [1.82, 2.24) is 20.1 Å². The molecular formula is C26H25FN4O3S. The molecule has 3 aliphatic heterocycles. The zero-order valence-corrected chi connectivity index (χ0v) is 19.9. The third-order valence-electron chi connectivity index (χ3n) is 7.52. The summed E-state index contributed by atoms with van der Waals surface area (Å²) in [5.41, 5.74) is 6.22. The van der Waals surface area contributed by atoms with Crippen LogP contribution in [-0.4, -0.2) is 51.6 Å². The van der Waals surface area contributed by atoms with Gasteiger partial charge in [0.2, 0.25) is 11.8 Å². The third kappa shape index (κ3) is 4.02. The summed E-state index contributed by atoms with van der Waals surface area (Å²) in [4.78, 5) is 45.5. The van der Waals surface area contributed by atoms with Crippen LogP contribution in [0.15, 0.2) is 35.8 Å². The number of nitrogens with zero attached hydrogens (tertiary/aromatic N) is 3. The van der Waals surface area contributed by atoms with Crippen LogP contribution < -0.4 is 5.32 Å². The van der Waals surface area contributed by atoms with E-state index < -0.39 is 17.8 Å². The zero-order valence-electron chi connectivity index (χ0n) is 19.1. The van der Waals surface area contributed by atoms with Crippen LogP contribution in [0.25, 0.3) is 10.2 Å². The molecule has 35 heavy (non-hydrogen) atoms. The van der Waals surface area contributed by atoms with Gasteiger partial charge in [0.05, 0.1) is 15.7 Å². The van der Waals surface area contributed by atoms with Crippen LogP contribution in [0.4, 0.5) is 4.39 Å². The second-order valence-electron chi connectivity index (χ2n) is 9.59. The molecule has 7 nitrogen and oxygen atoms in total. The van der Waals surface area contributed by atoms with Gasteiger partial charge in [0, 0.05) is 25.1 Å². The minimum atomic E-state index is -0.696. The van der Waals surface area contributed by atoms with E-state index in [0.717, 1.165) is 49.1 Å². The predicted molar refractivity (Wildman–Crippen MR) is 129 cm³/mol. The molecule has 1 atom stereocenters. The van der Waals surface area contributed by atoms with Crippen molar-refractivity contribution in [3.8, 4) is 0 Å². The SMILES string of the molecule is O=C1CCC(N2Cc3c(cc(F)cc3C3CCN(Cc4cccc5scnc45)CC3)C2=O)C(=O)N1. The normalized spacial score (nSPS) is 21.6. The Kier molecular flexibility index (Phi) is 5.61. The summed E-state index contributed by atoms with van der Waals surface area (Å²) in [5.74, 6) is -1.37. The smallest absolute Gasteiger partial charge is 0.255 e. The molecule has 4 heterocycles. The number of nitrogens with one attached hydrogen (secondary N) is 1. The molecule has 1 unspecified atom stereocenters. The molecule has 0 bridgehead atoms. The van der Waals surface area contributed by atoms with Gasteiger partial charge in [-0.1, -0.05) is 12.1 Å². The van der Waals surface area contributed by atoms with Crippen molar-refractivity contribution in [3.05, 3.63) is 63.9 Å². The molecule has 180 valence electrons. The highest BCUT2D eigenvalue weighted by Crippen LogP contribution is 2.38. The molecule has 0 saturated carbocycles. The first-order valence-electron chi connectivity index (χ1n) is 12.0. The van der Waals surface area contributed by atoms with E-state index in [1.807, 2.05) is 5.51 Å². The molecule has 3 amide bonds. The summed E-state index contributed by atoms with van der Waals surface area (Å²) in [6.07, 6.45) is 2.24. The van der Waals surface area contributed by atoms with Crippen LogP contribution in [0.2, 0.25) is 0 Å². The quantitative estimate of drug-likeness (QED) is 0.563. The number of thiazole rings is 1. The van der Waals surface area contributed by atoms with Gasteiger partial charge in [-0.05, 0) is 73.2 Å². The number of halogens is 1. The number of likely N-dealkylation sites (tertiary alicyclic amines) is 1. The van der Waals surface area contributed by atoms with Crippen molar-refractivity contribution in [1.29, 1.82) is 0 Å². The molecule has 0 radical (unpaired) electrons. The first kappa shape index (κ1) is 22.3. The topological polar surface area (TPSA) is 82.6 Å². The maximum absolute atomic E-state index is 14.6. The Balaban J connectivity index is 1.19. The lowest BCUT2D eigenvalue weighted by atomic mass is 9.85. The lowest BCUT2D eigenvalue weighted by Gasteiger charge is -2.33. The van der Waals surface area contributed by atoms with Gasteiger partial charge in [-0.15, -0.1) is 11.3 Å². The van der Waals surface area contributed by atoms with Crippen molar-refractivity contribution >= 4 is 39.3 Å². The lowest BCUT2D eigenvalue weighted by Crippen LogP contribution is -2.52. The van der Waals surface area contributed by atoms with Crippen LogP contribution in [0.5, 0.6) is 0 Å². The Morgan fingerprint density at radius 1 is 1.11 bits per heavy atom. The van der Waals surface area contributed by atoms with E-state index in [-0.39, 0.29) is 30.7 Å². The average molecular weight is 493 g/mol. The number of amides is 3. The van der Waals surface area contributed by atoms with Crippen molar-refractivity contribution in [2.75, 3.05) is 13.1 Å². The number of hydrogen-bond donors (Lipinski definition) is 1. The predicted octanol–water partition coefficient (Wildman–Crippen LogP) is 3.58. The first-order valence-corrected chi connectivity index (χ1v) is 12.9. The van der Waals surface area contributed by atoms with Gasteiger partial charge in [0.15, 0.2) is 0 Å². The van der Waals surface area contributed by atoms with Crippen LogP contribution >= 0.6 is 11.3 Å². The monoisotopic (exact) mass is 492 g/mol. The maximum atomic E-state index is 14.6. The summed E-state index contributed by atoms with van der Waals surface area (Å²) in [7, 11) is 0. The number of benzene rings is 2. The summed E-state index contributed by atoms with van der Waals surface area (Å²) >= 11 is 1.65. The van der Waals surface area contributed by atoms with Crippen LogP contribution in [0, 0.1) is 5.82 Å². The minimum Gasteiger partial charge on any atom is -0.322 e. The second kappa shape index (κ2) is 8.80. The Bertz CT molecular complexity index is 1350. The molecule has 1 N–H and O–H groups in total. The van der Waals surface area contributed by atoms with Crippen LogP contribution in [-0.2, 0) is 22.7 Å². The molecule has 6 rings (SSSR count). The highest BCUT2D eigenvalue weighted by atomic mass is 32.1. The highest BCUT2D eigenvalue weighted by molar-refractivity contribution is 7.16. The van der Waals surface area contributed by atoms with E-state index in [4.69, 9.17) is 0 Å². The van der Waals surface area contributed by atoms with Crippen molar-refractivity contribution < 1.29 is 18.8 Å². The molecule has 9 heteroatoms. The summed E-state index contributed by atoms with van der Waals surface area (Å²) < 4.78 is 15.8. The van der Waals surface area contributed by atoms with Crippen LogP contribution in [0.1, 0.15) is 58.6 Å². The van der Waals surface area contributed by atoms with Gasteiger partial charge in [0.1, 0.15) is 11.9 Å². The molecule has 2 fully saturated rings. The van der Waals surface area contributed by atoms with Crippen LogP contribution in [0.3, 0.4) is 0 Å². The van der Waals surface area contributed by atoms with E-state index in [0.29, 0.717) is 12.0 Å². The molecule has 3 aromatic rings. The van der Waals surface area contributed by atoms with Gasteiger partial charge >= 0.3 is 0 Å². The Hall–Kier alpha value is -3.17. The van der Waals surface area contributed by atoms with Crippen molar-refractivity contribution in [3.63, 3.8) is 0 Å². The molecule has 1 aromatic heterocycles. The number of piperidine rings is 2. The Morgan fingerprint density at radius 3 is 2.74 bits per heavy atom. The first-order chi connectivity index (χ1) is 17.0.